The highest BCUT2D eigenvalue weighted by Crippen LogP contribution is 2.38. The van der Waals surface area contributed by atoms with E-state index in [1.54, 1.807) is 12.1 Å². The quantitative estimate of drug-likeness (QED) is 0.315. The Bertz CT molecular complexity index is 1480. The molecule has 0 saturated carbocycles. The topological polar surface area (TPSA) is 84.7 Å². The molecule has 1 aromatic heterocycles. The monoisotopic (exact) mass is 527 g/mol. The van der Waals surface area contributed by atoms with E-state index in [1.165, 1.54) is 18.4 Å². The first-order valence-electron chi connectivity index (χ1n) is 12.9. The van der Waals surface area contributed by atoms with Crippen LogP contribution >= 0.6 is 0 Å². The van der Waals surface area contributed by atoms with Crippen molar-refractivity contribution in [1.82, 2.24) is 9.88 Å². The largest absolute Gasteiger partial charge is 0.484 e. The Balaban J connectivity index is 1.33. The molecule has 0 aliphatic carbocycles. The summed E-state index contributed by atoms with van der Waals surface area (Å²) in [6.45, 7) is 6.33. The Hall–Kier alpha value is -4.46. The van der Waals surface area contributed by atoms with Crippen LogP contribution in [0, 0.1) is 18.7 Å². The maximum absolute atomic E-state index is 13.7. The zero-order valence-corrected chi connectivity index (χ0v) is 22.1. The SMILES string of the molecule is Cc1ccc(NC(=O)c2coc(COc3ccc4c(c3)C(c3ccc(F)cc3)N(C(=O)C(C)C)CC4)n2)cc1. The number of benzene rings is 3. The lowest BCUT2D eigenvalue weighted by Crippen LogP contribution is -2.42. The van der Waals surface area contributed by atoms with Crippen LogP contribution in [0.4, 0.5) is 10.1 Å². The summed E-state index contributed by atoms with van der Waals surface area (Å²) in [5.41, 5.74) is 4.79. The molecule has 2 amide bonds. The molecular weight excluding hydrogens is 497 g/mol. The summed E-state index contributed by atoms with van der Waals surface area (Å²) in [5.74, 6) is -0.00271. The predicted octanol–water partition coefficient (Wildman–Crippen LogP) is 6.08. The van der Waals surface area contributed by atoms with Gasteiger partial charge in [-0.1, -0.05) is 49.7 Å². The molecule has 0 bridgehead atoms. The number of halogens is 1. The second kappa shape index (κ2) is 11.1. The van der Waals surface area contributed by atoms with Gasteiger partial charge in [0.1, 0.15) is 17.8 Å². The van der Waals surface area contributed by atoms with E-state index in [9.17, 15) is 14.0 Å². The first kappa shape index (κ1) is 26.2. The molecule has 0 radical (unpaired) electrons. The zero-order chi connectivity index (χ0) is 27.5. The van der Waals surface area contributed by atoms with Gasteiger partial charge in [0.05, 0.1) is 6.04 Å². The number of nitrogens with one attached hydrogen (secondary N) is 1. The molecular formula is C31H30FN3O4. The van der Waals surface area contributed by atoms with E-state index in [2.05, 4.69) is 10.3 Å². The van der Waals surface area contributed by atoms with Gasteiger partial charge in [0.25, 0.3) is 5.91 Å². The molecule has 4 aromatic rings. The summed E-state index contributed by atoms with van der Waals surface area (Å²) in [6.07, 6.45) is 2.01. The van der Waals surface area contributed by atoms with Crippen molar-refractivity contribution in [2.75, 3.05) is 11.9 Å². The Labute approximate surface area is 226 Å². The van der Waals surface area contributed by atoms with Gasteiger partial charge in [0, 0.05) is 18.2 Å². The molecule has 7 nitrogen and oxygen atoms in total. The van der Waals surface area contributed by atoms with Crippen molar-refractivity contribution in [3.05, 3.63) is 113 Å². The van der Waals surface area contributed by atoms with E-state index in [4.69, 9.17) is 9.15 Å². The van der Waals surface area contributed by atoms with E-state index in [0.29, 0.717) is 24.4 Å². The minimum Gasteiger partial charge on any atom is -0.484 e. The molecule has 0 fully saturated rings. The van der Waals surface area contributed by atoms with Crippen molar-refractivity contribution < 1.29 is 23.1 Å². The normalized spacial score (nSPS) is 14.7. The smallest absolute Gasteiger partial charge is 0.277 e. The van der Waals surface area contributed by atoms with Crippen LogP contribution in [0.25, 0.3) is 0 Å². The first-order chi connectivity index (χ1) is 18.8. The summed E-state index contributed by atoms with van der Waals surface area (Å²) >= 11 is 0. The fourth-order valence-corrected chi connectivity index (χ4v) is 4.72. The number of hydrogen-bond donors (Lipinski definition) is 1. The number of rotatable bonds is 7. The number of aromatic nitrogens is 1. The van der Waals surface area contributed by atoms with E-state index < -0.39 is 0 Å². The minimum absolute atomic E-state index is 0.0203. The van der Waals surface area contributed by atoms with E-state index in [0.717, 1.165) is 22.3 Å². The number of carbonyl (C=O) groups excluding carboxylic acids is 2. The number of aryl methyl sites for hydroxylation is 1. The molecule has 1 aliphatic rings. The molecule has 1 aliphatic heterocycles. The average molecular weight is 528 g/mol. The first-order valence-corrected chi connectivity index (χ1v) is 12.9. The van der Waals surface area contributed by atoms with Gasteiger partial charge < -0.3 is 19.4 Å². The van der Waals surface area contributed by atoms with Crippen LogP contribution in [-0.4, -0.2) is 28.2 Å². The standard InChI is InChI=1S/C31H30FN3O4/c1-19(2)31(37)35-15-14-21-8-13-25(16-26(21)29(35)22-6-9-23(32)10-7-22)38-18-28-34-27(17-39-28)30(36)33-24-11-4-20(3)5-12-24/h4-13,16-17,19,29H,14-15,18H2,1-3H3,(H,33,36). The van der Waals surface area contributed by atoms with E-state index in [-0.39, 0.29) is 47.8 Å². The van der Waals surface area contributed by atoms with E-state index >= 15 is 0 Å². The number of amides is 2. The van der Waals surface area contributed by atoms with Gasteiger partial charge in [0.15, 0.2) is 12.3 Å². The van der Waals surface area contributed by atoms with Gasteiger partial charge in [0.2, 0.25) is 11.8 Å². The Morgan fingerprint density at radius 1 is 1.10 bits per heavy atom. The summed E-state index contributed by atoms with van der Waals surface area (Å²) in [6, 6.07) is 19.2. The fraction of sp³-hybridized carbons (Fsp3) is 0.258. The maximum atomic E-state index is 13.7. The molecule has 5 rings (SSSR count). The molecule has 39 heavy (non-hydrogen) atoms. The van der Waals surface area contributed by atoms with E-state index in [1.807, 2.05) is 68.1 Å². The fourth-order valence-electron chi connectivity index (χ4n) is 4.72. The zero-order valence-electron chi connectivity index (χ0n) is 22.1. The molecule has 1 unspecified atom stereocenters. The second-order valence-electron chi connectivity index (χ2n) is 9.99. The molecule has 0 saturated heterocycles. The third-order valence-corrected chi connectivity index (χ3v) is 6.76. The summed E-state index contributed by atoms with van der Waals surface area (Å²) in [5, 5.41) is 2.79. The molecule has 3 aromatic carbocycles. The molecule has 8 heteroatoms. The lowest BCUT2D eigenvalue weighted by Gasteiger charge is -2.39. The van der Waals surface area contributed by atoms with Crippen LogP contribution < -0.4 is 10.1 Å². The third kappa shape index (κ3) is 5.85. The highest BCUT2D eigenvalue weighted by atomic mass is 19.1. The van der Waals surface area contributed by atoms with Crippen LogP contribution in [-0.2, 0) is 17.8 Å². The highest BCUT2D eigenvalue weighted by Gasteiger charge is 2.33. The second-order valence-corrected chi connectivity index (χ2v) is 9.99. The number of carbonyl (C=O) groups is 2. The van der Waals surface area contributed by atoms with Crippen molar-refractivity contribution in [1.29, 1.82) is 0 Å². The Morgan fingerprint density at radius 3 is 2.56 bits per heavy atom. The molecule has 200 valence electrons. The average Bonchev–Trinajstić information content (AvgIpc) is 3.42. The lowest BCUT2D eigenvalue weighted by molar-refractivity contribution is -0.136. The summed E-state index contributed by atoms with van der Waals surface area (Å²) in [7, 11) is 0. The number of fused-ring (bicyclic) bond motifs is 1. The lowest BCUT2D eigenvalue weighted by atomic mass is 9.87. The van der Waals surface area contributed by atoms with Crippen molar-refractivity contribution in [3.8, 4) is 5.75 Å². The van der Waals surface area contributed by atoms with Crippen molar-refractivity contribution in [3.63, 3.8) is 0 Å². The van der Waals surface area contributed by atoms with Gasteiger partial charge in [-0.05, 0) is 66.4 Å². The number of ether oxygens (including phenoxy) is 1. The molecule has 1 atom stereocenters. The van der Waals surface area contributed by atoms with Crippen molar-refractivity contribution in [2.45, 2.75) is 39.8 Å². The van der Waals surface area contributed by atoms with Crippen LogP contribution in [0.15, 0.2) is 77.4 Å². The number of anilines is 1. The number of oxazole rings is 1. The van der Waals surface area contributed by atoms with Gasteiger partial charge in [-0.25, -0.2) is 9.37 Å². The number of hydrogen-bond acceptors (Lipinski definition) is 5. The minimum atomic E-state index is -0.375. The summed E-state index contributed by atoms with van der Waals surface area (Å²) in [4.78, 5) is 31.8. The van der Waals surface area contributed by atoms with Crippen LogP contribution in [0.1, 0.15) is 58.5 Å². The molecule has 1 N–H and O–H groups in total. The van der Waals surface area contributed by atoms with Gasteiger partial charge in [-0.2, -0.15) is 0 Å². The molecule has 2 heterocycles. The van der Waals surface area contributed by atoms with Crippen molar-refractivity contribution >= 4 is 17.5 Å². The maximum Gasteiger partial charge on any atom is 0.277 e. The van der Waals surface area contributed by atoms with Gasteiger partial charge >= 0.3 is 0 Å². The van der Waals surface area contributed by atoms with Gasteiger partial charge in [-0.15, -0.1) is 0 Å². The third-order valence-electron chi connectivity index (χ3n) is 6.76. The predicted molar refractivity (Wildman–Crippen MR) is 145 cm³/mol. The van der Waals surface area contributed by atoms with Crippen molar-refractivity contribution in [2.24, 2.45) is 5.92 Å². The highest BCUT2D eigenvalue weighted by molar-refractivity contribution is 6.02. The Kier molecular flexibility index (Phi) is 7.45. The summed E-state index contributed by atoms with van der Waals surface area (Å²) < 4.78 is 25.1. The molecule has 0 spiro atoms. The van der Waals surface area contributed by atoms with Crippen LogP contribution in [0.2, 0.25) is 0 Å². The van der Waals surface area contributed by atoms with Crippen LogP contribution in [0.5, 0.6) is 5.75 Å². The van der Waals surface area contributed by atoms with Gasteiger partial charge in [-0.3, -0.25) is 9.59 Å². The Morgan fingerprint density at radius 2 is 1.85 bits per heavy atom. The number of nitrogens with zero attached hydrogens (tertiary/aromatic N) is 2. The van der Waals surface area contributed by atoms with Crippen LogP contribution in [0.3, 0.4) is 0 Å².